The van der Waals surface area contributed by atoms with Crippen molar-refractivity contribution in [1.29, 1.82) is 0 Å². The van der Waals surface area contributed by atoms with Crippen molar-refractivity contribution in [1.82, 2.24) is 10.2 Å². The van der Waals surface area contributed by atoms with Crippen molar-refractivity contribution in [3.05, 3.63) is 59.5 Å². The smallest absolute Gasteiger partial charge is 0.246 e. The van der Waals surface area contributed by atoms with E-state index in [4.69, 9.17) is 10.5 Å². The standard InChI is InChI=1S/C16H14FN3O/c1-10-11-5-2-3-6-12(11)16(20-19-10)21-15-8-4-7-14(17)13(15)9-18/h2-8H,9,18H2,1H3. The Morgan fingerprint density at radius 3 is 2.57 bits per heavy atom. The number of hydrogen-bond donors (Lipinski definition) is 1. The molecule has 0 spiro atoms. The zero-order valence-electron chi connectivity index (χ0n) is 11.5. The quantitative estimate of drug-likeness (QED) is 0.801. The first-order chi connectivity index (χ1) is 10.2. The van der Waals surface area contributed by atoms with Crippen molar-refractivity contribution in [2.24, 2.45) is 5.73 Å². The van der Waals surface area contributed by atoms with Crippen molar-refractivity contribution in [2.75, 3.05) is 0 Å². The van der Waals surface area contributed by atoms with Crippen LogP contribution in [0.2, 0.25) is 0 Å². The molecule has 106 valence electrons. The lowest BCUT2D eigenvalue weighted by molar-refractivity contribution is 0.448. The highest BCUT2D eigenvalue weighted by Gasteiger charge is 2.12. The van der Waals surface area contributed by atoms with Gasteiger partial charge in [0, 0.05) is 22.9 Å². The molecule has 0 unspecified atom stereocenters. The van der Waals surface area contributed by atoms with Gasteiger partial charge in [-0.2, -0.15) is 5.10 Å². The van der Waals surface area contributed by atoms with Crippen LogP contribution >= 0.6 is 0 Å². The van der Waals surface area contributed by atoms with Gasteiger partial charge < -0.3 is 10.5 Å². The first-order valence-electron chi connectivity index (χ1n) is 6.58. The molecule has 0 bridgehead atoms. The lowest BCUT2D eigenvalue weighted by Crippen LogP contribution is -2.03. The number of nitrogens with zero attached hydrogens (tertiary/aromatic N) is 2. The fraction of sp³-hybridized carbons (Fsp3) is 0.125. The summed E-state index contributed by atoms with van der Waals surface area (Å²) in [4.78, 5) is 0. The van der Waals surface area contributed by atoms with E-state index >= 15 is 0 Å². The molecule has 2 N–H and O–H groups in total. The van der Waals surface area contributed by atoms with Crippen LogP contribution in [0.15, 0.2) is 42.5 Å². The monoisotopic (exact) mass is 283 g/mol. The van der Waals surface area contributed by atoms with Crippen LogP contribution in [0.4, 0.5) is 4.39 Å². The van der Waals surface area contributed by atoms with Crippen LogP contribution < -0.4 is 10.5 Å². The van der Waals surface area contributed by atoms with Crippen LogP contribution in [-0.4, -0.2) is 10.2 Å². The van der Waals surface area contributed by atoms with Gasteiger partial charge in [-0.05, 0) is 25.1 Å². The number of halogens is 1. The zero-order valence-corrected chi connectivity index (χ0v) is 11.5. The molecular weight excluding hydrogens is 269 g/mol. The summed E-state index contributed by atoms with van der Waals surface area (Å²) in [5.41, 5.74) is 6.72. The number of ether oxygens (including phenoxy) is 1. The first-order valence-corrected chi connectivity index (χ1v) is 6.58. The van der Waals surface area contributed by atoms with Gasteiger partial charge >= 0.3 is 0 Å². The van der Waals surface area contributed by atoms with Crippen molar-refractivity contribution < 1.29 is 9.13 Å². The number of hydrogen-bond acceptors (Lipinski definition) is 4. The number of rotatable bonds is 3. The maximum atomic E-state index is 13.7. The molecular formula is C16H14FN3O. The lowest BCUT2D eigenvalue weighted by atomic mass is 10.1. The molecule has 0 atom stereocenters. The van der Waals surface area contributed by atoms with E-state index in [9.17, 15) is 4.39 Å². The highest BCUT2D eigenvalue weighted by Crippen LogP contribution is 2.31. The van der Waals surface area contributed by atoms with E-state index in [-0.39, 0.29) is 12.4 Å². The fourth-order valence-electron chi connectivity index (χ4n) is 2.23. The first kappa shape index (κ1) is 13.5. The van der Waals surface area contributed by atoms with E-state index in [2.05, 4.69) is 10.2 Å². The Hall–Kier alpha value is -2.53. The lowest BCUT2D eigenvalue weighted by Gasteiger charge is -2.11. The second kappa shape index (κ2) is 5.46. The molecule has 4 nitrogen and oxygen atoms in total. The van der Waals surface area contributed by atoms with E-state index in [1.54, 1.807) is 12.1 Å². The molecule has 0 amide bonds. The molecule has 1 heterocycles. The Kier molecular flexibility index (Phi) is 3.50. The summed E-state index contributed by atoms with van der Waals surface area (Å²) in [7, 11) is 0. The van der Waals surface area contributed by atoms with Crippen LogP contribution in [0.5, 0.6) is 11.6 Å². The van der Waals surface area contributed by atoms with Crippen LogP contribution in [0, 0.1) is 12.7 Å². The Bertz CT molecular complexity index is 805. The van der Waals surface area contributed by atoms with E-state index in [1.165, 1.54) is 6.07 Å². The summed E-state index contributed by atoms with van der Waals surface area (Å²) in [5.74, 6) is 0.316. The minimum atomic E-state index is -0.389. The van der Waals surface area contributed by atoms with Crippen LogP contribution in [0.25, 0.3) is 10.8 Å². The van der Waals surface area contributed by atoms with Gasteiger partial charge in [-0.1, -0.05) is 24.3 Å². The fourth-order valence-corrected chi connectivity index (χ4v) is 2.23. The maximum absolute atomic E-state index is 13.7. The van der Waals surface area contributed by atoms with Crippen molar-refractivity contribution in [2.45, 2.75) is 13.5 Å². The maximum Gasteiger partial charge on any atom is 0.246 e. The largest absolute Gasteiger partial charge is 0.437 e. The van der Waals surface area contributed by atoms with Gasteiger partial charge in [0.25, 0.3) is 0 Å². The summed E-state index contributed by atoms with van der Waals surface area (Å²) >= 11 is 0. The number of aromatic nitrogens is 2. The number of aryl methyl sites for hydroxylation is 1. The SMILES string of the molecule is Cc1nnc(Oc2cccc(F)c2CN)c2ccccc12. The minimum absolute atomic E-state index is 0.0548. The predicted molar refractivity (Wildman–Crippen MR) is 78.6 cm³/mol. The van der Waals surface area contributed by atoms with Gasteiger partial charge in [0.2, 0.25) is 5.88 Å². The molecule has 3 rings (SSSR count). The van der Waals surface area contributed by atoms with Gasteiger partial charge in [0.05, 0.1) is 5.69 Å². The predicted octanol–water partition coefficient (Wildman–Crippen LogP) is 3.33. The molecule has 0 saturated heterocycles. The number of fused-ring (bicyclic) bond motifs is 1. The molecule has 3 aromatic rings. The molecule has 5 heteroatoms. The van der Waals surface area contributed by atoms with E-state index < -0.39 is 0 Å². The average Bonchev–Trinajstić information content (AvgIpc) is 2.51. The van der Waals surface area contributed by atoms with E-state index in [0.29, 0.717) is 17.2 Å². The molecule has 1 aromatic heterocycles. The van der Waals surface area contributed by atoms with Crippen LogP contribution in [0.3, 0.4) is 0 Å². The molecule has 0 aliphatic rings. The topological polar surface area (TPSA) is 61.0 Å². The molecule has 0 fully saturated rings. The number of nitrogens with two attached hydrogens (primary N) is 1. The van der Waals surface area contributed by atoms with Gasteiger partial charge in [-0.25, -0.2) is 4.39 Å². The summed E-state index contributed by atoms with van der Waals surface area (Å²) in [6.45, 7) is 1.94. The van der Waals surface area contributed by atoms with Gasteiger partial charge in [0.1, 0.15) is 11.6 Å². The highest BCUT2D eigenvalue weighted by molar-refractivity contribution is 5.88. The van der Waals surface area contributed by atoms with Crippen molar-refractivity contribution >= 4 is 10.8 Å². The Balaban J connectivity index is 2.11. The molecule has 21 heavy (non-hydrogen) atoms. The zero-order chi connectivity index (χ0) is 14.8. The Morgan fingerprint density at radius 1 is 1.05 bits per heavy atom. The number of benzene rings is 2. The second-order valence-corrected chi connectivity index (χ2v) is 4.66. The molecule has 0 aliphatic carbocycles. The van der Waals surface area contributed by atoms with Gasteiger partial charge in [-0.3, -0.25) is 0 Å². The summed E-state index contributed by atoms with van der Waals surface area (Å²) < 4.78 is 19.5. The third-order valence-corrected chi connectivity index (χ3v) is 3.32. The van der Waals surface area contributed by atoms with E-state index in [0.717, 1.165) is 16.5 Å². The molecule has 2 aromatic carbocycles. The molecule has 0 radical (unpaired) electrons. The minimum Gasteiger partial charge on any atom is -0.437 e. The normalized spacial score (nSPS) is 10.8. The van der Waals surface area contributed by atoms with Gasteiger partial charge in [-0.15, -0.1) is 5.10 Å². The van der Waals surface area contributed by atoms with Crippen molar-refractivity contribution in [3.63, 3.8) is 0 Å². The Morgan fingerprint density at radius 2 is 1.81 bits per heavy atom. The third-order valence-electron chi connectivity index (χ3n) is 3.32. The van der Waals surface area contributed by atoms with E-state index in [1.807, 2.05) is 31.2 Å². The molecule has 0 saturated carbocycles. The average molecular weight is 283 g/mol. The summed E-state index contributed by atoms with van der Waals surface area (Å²) in [5, 5.41) is 9.94. The second-order valence-electron chi connectivity index (χ2n) is 4.66. The summed E-state index contributed by atoms with van der Waals surface area (Å²) in [6, 6.07) is 12.3. The Labute approximate surface area is 121 Å². The van der Waals surface area contributed by atoms with Crippen LogP contribution in [0.1, 0.15) is 11.3 Å². The summed E-state index contributed by atoms with van der Waals surface area (Å²) in [6.07, 6.45) is 0. The van der Waals surface area contributed by atoms with Crippen LogP contribution in [-0.2, 0) is 6.54 Å². The van der Waals surface area contributed by atoms with Crippen molar-refractivity contribution in [3.8, 4) is 11.6 Å². The third kappa shape index (κ3) is 2.43. The highest BCUT2D eigenvalue weighted by atomic mass is 19.1. The van der Waals surface area contributed by atoms with Gasteiger partial charge in [0.15, 0.2) is 0 Å². The molecule has 0 aliphatic heterocycles.